The summed E-state index contributed by atoms with van der Waals surface area (Å²) in [7, 11) is 0. The number of ether oxygens (including phenoxy) is 2. The molecule has 128 valence electrons. The molecule has 0 radical (unpaired) electrons. The van der Waals surface area contributed by atoms with Crippen molar-refractivity contribution in [2.75, 3.05) is 6.54 Å². The van der Waals surface area contributed by atoms with Gasteiger partial charge >= 0.3 is 6.09 Å². The van der Waals surface area contributed by atoms with Gasteiger partial charge in [0.05, 0.1) is 19.3 Å². The molecule has 0 fully saturated rings. The number of aliphatic hydroxyl groups excluding tert-OH is 1. The molecule has 1 aromatic rings. The summed E-state index contributed by atoms with van der Waals surface area (Å²) < 4.78 is 11.3. The normalized spacial score (nSPS) is 17.8. The van der Waals surface area contributed by atoms with Crippen molar-refractivity contribution >= 4 is 6.09 Å². The lowest BCUT2D eigenvalue weighted by molar-refractivity contribution is -0.180. The zero-order chi connectivity index (χ0) is 17.4. The maximum Gasteiger partial charge on any atom is 0.407 e. The SMILES string of the molecule is CC1(C)OCc2cc([C@@H](O)CN(C(=O)O)C(C)(C)C)ccc2O1. The number of carboxylic acid groups (broad SMARTS) is 1. The molecule has 6 heteroatoms. The molecule has 1 aliphatic heterocycles. The van der Waals surface area contributed by atoms with Gasteiger partial charge in [-0.05, 0) is 38.5 Å². The molecule has 0 spiro atoms. The standard InChI is InChI=1S/C17H25NO5/c1-16(2,3)18(15(20)21)9-13(19)11-6-7-14-12(8-11)10-22-17(4,5)23-14/h6-8,13,19H,9-10H2,1-5H3,(H,20,21)/t13-/m0/s1. The van der Waals surface area contributed by atoms with Crippen LogP contribution in [0.3, 0.4) is 0 Å². The van der Waals surface area contributed by atoms with Crippen LogP contribution < -0.4 is 4.74 Å². The van der Waals surface area contributed by atoms with Gasteiger partial charge in [0.1, 0.15) is 5.75 Å². The van der Waals surface area contributed by atoms with Crippen LogP contribution in [0.25, 0.3) is 0 Å². The van der Waals surface area contributed by atoms with Gasteiger partial charge in [-0.2, -0.15) is 0 Å². The van der Waals surface area contributed by atoms with E-state index in [4.69, 9.17) is 9.47 Å². The van der Waals surface area contributed by atoms with Crippen LogP contribution in [0.2, 0.25) is 0 Å². The molecule has 1 amide bonds. The maximum absolute atomic E-state index is 11.4. The van der Waals surface area contributed by atoms with Crippen LogP contribution in [0.5, 0.6) is 5.75 Å². The summed E-state index contributed by atoms with van der Waals surface area (Å²) >= 11 is 0. The Balaban J connectivity index is 2.18. The number of carbonyl (C=O) groups is 1. The van der Waals surface area contributed by atoms with Crippen molar-refractivity contribution in [3.63, 3.8) is 0 Å². The Morgan fingerprint density at radius 1 is 1.39 bits per heavy atom. The van der Waals surface area contributed by atoms with Gasteiger partial charge in [-0.25, -0.2) is 4.79 Å². The second-order valence-electron chi connectivity index (χ2n) is 7.24. The Hall–Kier alpha value is -1.79. The highest BCUT2D eigenvalue weighted by Crippen LogP contribution is 2.33. The first-order valence-corrected chi connectivity index (χ1v) is 7.64. The molecule has 6 nitrogen and oxygen atoms in total. The highest BCUT2D eigenvalue weighted by molar-refractivity contribution is 5.66. The van der Waals surface area contributed by atoms with Crippen molar-refractivity contribution in [2.24, 2.45) is 0 Å². The second-order valence-corrected chi connectivity index (χ2v) is 7.24. The minimum absolute atomic E-state index is 0.00479. The Kier molecular flexibility index (Phi) is 4.59. The van der Waals surface area contributed by atoms with Gasteiger partial charge in [-0.3, -0.25) is 0 Å². The van der Waals surface area contributed by atoms with E-state index in [0.717, 1.165) is 11.3 Å². The molecule has 0 bridgehead atoms. The summed E-state index contributed by atoms with van der Waals surface area (Å²) in [5.41, 5.74) is 0.904. The van der Waals surface area contributed by atoms with Crippen molar-refractivity contribution in [3.8, 4) is 5.75 Å². The summed E-state index contributed by atoms with van der Waals surface area (Å²) in [5, 5.41) is 19.7. The predicted molar refractivity (Wildman–Crippen MR) is 85.4 cm³/mol. The average Bonchev–Trinajstić information content (AvgIpc) is 2.41. The number of amides is 1. The fourth-order valence-corrected chi connectivity index (χ4v) is 2.48. The molecule has 1 heterocycles. The molecular weight excluding hydrogens is 298 g/mol. The summed E-state index contributed by atoms with van der Waals surface area (Å²) in [6, 6.07) is 5.35. The minimum Gasteiger partial charge on any atom is -0.465 e. The third-order valence-electron chi connectivity index (χ3n) is 3.80. The van der Waals surface area contributed by atoms with E-state index in [-0.39, 0.29) is 6.54 Å². The summed E-state index contributed by atoms with van der Waals surface area (Å²) in [5.74, 6) is 0.0579. The molecule has 23 heavy (non-hydrogen) atoms. The first kappa shape index (κ1) is 17.6. The number of rotatable bonds is 3. The van der Waals surface area contributed by atoms with Crippen LogP contribution in [-0.2, 0) is 11.3 Å². The van der Waals surface area contributed by atoms with Crippen molar-refractivity contribution in [3.05, 3.63) is 29.3 Å². The van der Waals surface area contributed by atoms with E-state index >= 15 is 0 Å². The first-order valence-electron chi connectivity index (χ1n) is 7.64. The summed E-state index contributed by atoms with van der Waals surface area (Å²) in [6.45, 7) is 9.47. The fourth-order valence-electron chi connectivity index (χ4n) is 2.48. The molecule has 2 N–H and O–H groups in total. The van der Waals surface area contributed by atoms with Crippen LogP contribution in [0.4, 0.5) is 4.79 Å². The number of β-amino-alcohol motifs (C(OH)–C–C–N with tert-alkyl or cyclic N) is 1. The Morgan fingerprint density at radius 3 is 2.61 bits per heavy atom. The molecule has 1 aliphatic rings. The van der Waals surface area contributed by atoms with Crippen LogP contribution in [0, 0.1) is 0 Å². The third kappa shape index (κ3) is 4.14. The van der Waals surface area contributed by atoms with Crippen molar-refractivity contribution in [1.29, 1.82) is 0 Å². The van der Waals surface area contributed by atoms with Crippen molar-refractivity contribution in [2.45, 2.75) is 58.7 Å². The van der Waals surface area contributed by atoms with E-state index in [1.165, 1.54) is 4.90 Å². The average molecular weight is 323 g/mol. The number of hydrogen-bond donors (Lipinski definition) is 2. The largest absolute Gasteiger partial charge is 0.465 e. The topological polar surface area (TPSA) is 79.2 Å². The van der Waals surface area contributed by atoms with Gasteiger partial charge < -0.3 is 24.6 Å². The van der Waals surface area contributed by atoms with Crippen molar-refractivity contribution < 1.29 is 24.5 Å². The fraction of sp³-hybridized carbons (Fsp3) is 0.588. The lowest BCUT2D eigenvalue weighted by Gasteiger charge is -2.35. The molecule has 0 unspecified atom stereocenters. The number of fused-ring (bicyclic) bond motifs is 1. The molecule has 0 aromatic heterocycles. The number of nitrogens with zero attached hydrogens (tertiary/aromatic N) is 1. The minimum atomic E-state index is -1.05. The van der Waals surface area contributed by atoms with E-state index in [1.807, 2.05) is 13.8 Å². The van der Waals surface area contributed by atoms with E-state index in [9.17, 15) is 15.0 Å². The quantitative estimate of drug-likeness (QED) is 0.893. The number of aliphatic hydroxyl groups is 1. The van der Waals surface area contributed by atoms with Gasteiger partial charge in [-0.15, -0.1) is 0 Å². The summed E-state index contributed by atoms with van der Waals surface area (Å²) in [6.07, 6.45) is -1.96. The summed E-state index contributed by atoms with van der Waals surface area (Å²) in [4.78, 5) is 12.6. The lowest BCUT2D eigenvalue weighted by Crippen LogP contribution is -2.47. The highest BCUT2D eigenvalue weighted by atomic mass is 16.7. The Bertz CT molecular complexity index is 591. The maximum atomic E-state index is 11.4. The van der Waals surface area contributed by atoms with Crippen molar-refractivity contribution in [1.82, 2.24) is 4.90 Å². The zero-order valence-electron chi connectivity index (χ0n) is 14.3. The molecule has 0 aliphatic carbocycles. The van der Waals surface area contributed by atoms with E-state index in [2.05, 4.69) is 0 Å². The smallest absolute Gasteiger partial charge is 0.407 e. The first-order chi connectivity index (χ1) is 10.5. The van der Waals surface area contributed by atoms with Gasteiger partial charge in [0.15, 0.2) is 0 Å². The predicted octanol–water partition coefficient (Wildman–Crippen LogP) is 3.14. The molecule has 1 aromatic carbocycles. The Labute approximate surface area is 136 Å². The van der Waals surface area contributed by atoms with Crippen LogP contribution in [0.1, 0.15) is 51.8 Å². The molecule has 0 saturated heterocycles. The third-order valence-corrected chi connectivity index (χ3v) is 3.80. The van der Waals surface area contributed by atoms with Gasteiger partial charge in [-0.1, -0.05) is 6.07 Å². The van der Waals surface area contributed by atoms with E-state index in [1.54, 1.807) is 39.0 Å². The molecule has 0 saturated carbocycles. The molecular formula is C17H25NO5. The van der Waals surface area contributed by atoms with Crippen LogP contribution in [-0.4, -0.2) is 39.1 Å². The van der Waals surface area contributed by atoms with E-state index in [0.29, 0.717) is 12.2 Å². The Morgan fingerprint density at radius 2 is 2.04 bits per heavy atom. The molecule has 1 atom stereocenters. The van der Waals surface area contributed by atoms with Gasteiger partial charge in [0, 0.05) is 24.9 Å². The second kappa shape index (κ2) is 6.02. The lowest BCUT2D eigenvalue weighted by atomic mass is 10.0. The van der Waals surface area contributed by atoms with E-state index < -0.39 is 23.5 Å². The molecule has 2 rings (SSSR count). The number of hydrogen-bond acceptors (Lipinski definition) is 4. The van der Waals surface area contributed by atoms with Crippen LogP contribution in [0.15, 0.2) is 18.2 Å². The van der Waals surface area contributed by atoms with Crippen LogP contribution >= 0.6 is 0 Å². The highest BCUT2D eigenvalue weighted by Gasteiger charge is 2.30. The monoisotopic (exact) mass is 323 g/mol. The van der Waals surface area contributed by atoms with Gasteiger partial charge in [0.2, 0.25) is 5.79 Å². The van der Waals surface area contributed by atoms with Gasteiger partial charge in [0.25, 0.3) is 0 Å². The number of benzene rings is 1. The zero-order valence-corrected chi connectivity index (χ0v) is 14.3.